The predicted octanol–water partition coefficient (Wildman–Crippen LogP) is 2.46. The molecule has 110 valence electrons. The van der Waals surface area contributed by atoms with Crippen molar-refractivity contribution in [2.75, 3.05) is 33.7 Å². The van der Waals surface area contributed by atoms with Gasteiger partial charge in [-0.2, -0.15) is 0 Å². The standard InChI is InChI=1S/C17H26N2O/c1-4-14-5-7-15(8-6-14)17(20)13-19-11-9-16(10-12-19)18(2)3/h5-8,16H,4,9-13H2,1-3H3. The fourth-order valence-electron chi connectivity index (χ4n) is 2.81. The molecular weight excluding hydrogens is 248 g/mol. The van der Waals surface area contributed by atoms with E-state index in [1.54, 1.807) is 0 Å². The monoisotopic (exact) mass is 274 g/mol. The van der Waals surface area contributed by atoms with Gasteiger partial charge in [-0.3, -0.25) is 9.69 Å². The summed E-state index contributed by atoms with van der Waals surface area (Å²) in [4.78, 5) is 16.9. The number of hydrogen-bond acceptors (Lipinski definition) is 3. The van der Waals surface area contributed by atoms with E-state index in [9.17, 15) is 4.79 Å². The first-order valence-electron chi connectivity index (χ1n) is 7.61. The number of ketones is 1. The Morgan fingerprint density at radius 2 is 1.80 bits per heavy atom. The zero-order chi connectivity index (χ0) is 14.5. The van der Waals surface area contributed by atoms with Gasteiger partial charge >= 0.3 is 0 Å². The van der Waals surface area contributed by atoms with Gasteiger partial charge < -0.3 is 4.90 Å². The van der Waals surface area contributed by atoms with Crippen LogP contribution in [0.2, 0.25) is 0 Å². The highest BCUT2D eigenvalue weighted by atomic mass is 16.1. The van der Waals surface area contributed by atoms with E-state index >= 15 is 0 Å². The number of Topliss-reactive ketones (excluding diaryl/α,β-unsaturated/α-hetero) is 1. The smallest absolute Gasteiger partial charge is 0.176 e. The van der Waals surface area contributed by atoms with Gasteiger partial charge in [0.05, 0.1) is 6.54 Å². The normalized spacial score (nSPS) is 17.6. The summed E-state index contributed by atoms with van der Waals surface area (Å²) in [5, 5.41) is 0. The van der Waals surface area contributed by atoms with Crippen LogP contribution in [-0.2, 0) is 6.42 Å². The van der Waals surface area contributed by atoms with Crippen molar-refractivity contribution in [3.63, 3.8) is 0 Å². The summed E-state index contributed by atoms with van der Waals surface area (Å²) in [7, 11) is 4.28. The van der Waals surface area contributed by atoms with Crippen LogP contribution >= 0.6 is 0 Å². The molecule has 2 rings (SSSR count). The third kappa shape index (κ3) is 3.90. The molecule has 0 atom stereocenters. The number of benzene rings is 1. The van der Waals surface area contributed by atoms with E-state index in [1.165, 1.54) is 5.56 Å². The van der Waals surface area contributed by atoms with Gasteiger partial charge in [0.25, 0.3) is 0 Å². The molecule has 0 unspecified atom stereocenters. The topological polar surface area (TPSA) is 23.6 Å². The summed E-state index contributed by atoms with van der Waals surface area (Å²) in [6.45, 7) is 4.75. The first-order valence-corrected chi connectivity index (χ1v) is 7.61. The SMILES string of the molecule is CCc1ccc(C(=O)CN2CCC(N(C)C)CC2)cc1. The number of piperidine rings is 1. The van der Waals surface area contributed by atoms with Crippen molar-refractivity contribution in [3.8, 4) is 0 Å². The molecule has 0 N–H and O–H groups in total. The third-order valence-corrected chi connectivity index (χ3v) is 4.34. The van der Waals surface area contributed by atoms with Crippen LogP contribution in [0.15, 0.2) is 24.3 Å². The Labute approximate surface area is 122 Å². The molecule has 1 aromatic carbocycles. The van der Waals surface area contributed by atoms with Crippen LogP contribution in [0.4, 0.5) is 0 Å². The average Bonchev–Trinajstić information content (AvgIpc) is 2.48. The minimum atomic E-state index is 0.246. The highest BCUT2D eigenvalue weighted by molar-refractivity contribution is 5.97. The lowest BCUT2D eigenvalue weighted by Crippen LogP contribution is -2.43. The van der Waals surface area contributed by atoms with E-state index < -0.39 is 0 Å². The van der Waals surface area contributed by atoms with Crippen molar-refractivity contribution in [2.45, 2.75) is 32.2 Å². The summed E-state index contributed by atoms with van der Waals surface area (Å²) in [6.07, 6.45) is 3.34. The highest BCUT2D eigenvalue weighted by Gasteiger charge is 2.22. The Kier molecular flexibility index (Phi) is 5.32. The number of carbonyl (C=O) groups is 1. The number of carbonyl (C=O) groups excluding carboxylic acids is 1. The number of aryl methyl sites for hydroxylation is 1. The van der Waals surface area contributed by atoms with Crippen molar-refractivity contribution in [3.05, 3.63) is 35.4 Å². The molecule has 1 aliphatic heterocycles. The first-order chi connectivity index (χ1) is 9.60. The summed E-state index contributed by atoms with van der Waals surface area (Å²) in [6, 6.07) is 8.73. The quantitative estimate of drug-likeness (QED) is 0.771. The molecular formula is C17H26N2O. The molecule has 3 nitrogen and oxygen atoms in total. The van der Waals surface area contributed by atoms with E-state index in [0.29, 0.717) is 12.6 Å². The van der Waals surface area contributed by atoms with Gasteiger partial charge in [0.2, 0.25) is 0 Å². The van der Waals surface area contributed by atoms with Crippen molar-refractivity contribution >= 4 is 5.78 Å². The molecule has 0 spiro atoms. The van der Waals surface area contributed by atoms with Gasteiger partial charge in [-0.1, -0.05) is 31.2 Å². The Morgan fingerprint density at radius 1 is 1.20 bits per heavy atom. The maximum atomic E-state index is 12.3. The molecule has 1 heterocycles. The second-order valence-electron chi connectivity index (χ2n) is 5.94. The van der Waals surface area contributed by atoms with Crippen LogP contribution in [0.1, 0.15) is 35.7 Å². The zero-order valence-corrected chi connectivity index (χ0v) is 12.9. The van der Waals surface area contributed by atoms with Gasteiger partial charge in [-0.05, 0) is 38.9 Å². The molecule has 0 radical (unpaired) electrons. The van der Waals surface area contributed by atoms with Crippen LogP contribution in [0.5, 0.6) is 0 Å². The molecule has 1 aliphatic rings. The molecule has 20 heavy (non-hydrogen) atoms. The average molecular weight is 274 g/mol. The molecule has 1 saturated heterocycles. The fourth-order valence-corrected chi connectivity index (χ4v) is 2.81. The minimum Gasteiger partial charge on any atom is -0.306 e. The fraction of sp³-hybridized carbons (Fsp3) is 0.588. The van der Waals surface area contributed by atoms with Crippen LogP contribution < -0.4 is 0 Å². The van der Waals surface area contributed by atoms with Crippen LogP contribution in [0, 0.1) is 0 Å². The Balaban J connectivity index is 1.85. The lowest BCUT2D eigenvalue weighted by molar-refractivity contribution is 0.0874. The van der Waals surface area contributed by atoms with Crippen molar-refractivity contribution in [2.24, 2.45) is 0 Å². The van der Waals surface area contributed by atoms with Gasteiger partial charge in [0.15, 0.2) is 5.78 Å². The second kappa shape index (κ2) is 7.00. The summed E-state index contributed by atoms with van der Waals surface area (Å²) in [5.74, 6) is 0.246. The molecule has 0 amide bonds. The van der Waals surface area contributed by atoms with Crippen molar-refractivity contribution < 1.29 is 4.79 Å². The van der Waals surface area contributed by atoms with E-state index in [1.807, 2.05) is 12.1 Å². The molecule has 0 aliphatic carbocycles. The number of likely N-dealkylation sites (tertiary alicyclic amines) is 1. The molecule has 0 aromatic heterocycles. The molecule has 3 heteroatoms. The Bertz CT molecular complexity index is 431. The summed E-state index contributed by atoms with van der Waals surface area (Å²) >= 11 is 0. The lowest BCUT2D eigenvalue weighted by atomic mass is 10.0. The molecule has 1 aromatic rings. The zero-order valence-electron chi connectivity index (χ0n) is 12.9. The van der Waals surface area contributed by atoms with Crippen LogP contribution in [-0.4, -0.2) is 55.4 Å². The van der Waals surface area contributed by atoms with Gasteiger partial charge in [-0.25, -0.2) is 0 Å². The first kappa shape index (κ1) is 15.2. The molecule has 0 bridgehead atoms. The molecule has 0 saturated carbocycles. The maximum absolute atomic E-state index is 12.3. The Hall–Kier alpha value is -1.19. The van der Waals surface area contributed by atoms with E-state index in [4.69, 9.17) is 0 Å². The minimum absolute atomic E-state index is 0.246. The Morgan fingerprint density at radius 3 is 2.30 bits per heavy atom. The summed E-state index contributed by atoms with van der Waals surface area (Å²) in [5.41, 5.74) is 2.13. The van der Waals surface area contributed by atoms with E-state index in [2.05, 4.69) is 43.0 Å². The van der Waals surface area contributed by atoms with Gasteiger partial charge in [-0.15, -0.1) is 0 Å². The van der Waals surface area contributed by atoms with E-state index in [-0.39, 0.29) is 5.78 Å². The van der Waals surface area contributed by atoms with Gasteiger partial charge in [0, 0.05) is 24.7 Å². The largest absolute Gasteiger partial charge is 0.306 e. The maximum Gasteiger partial charge on any atom is 0.176 e. The summed E-state index contributed by atoms with van der Waals surface area (Å²) < 4.78 is 0. The van der Waals surface area contributed by atoms with Gasteiger partial charge in [0.1, 0.15) is 0 Å². The number of nitrogens with zero attached hydrogens (tertiary/aromatic N) is 2. The predicted molar refractivity (Wildman–Crippen MR) is 83.3 cm³/mol. The highest BCUT2D eigenvalue weighted by Crippen LogP contribution is 2.15. The second-order valence-corrected chi connectivity index (χ2v) is 5.94. The third-order valence-electron chi connectivity index (χ3n) is 4.34. The van der Waals surface area contributed by atoms with Crippen LogP contribution in [0.3, 0.4) is 0 Å². The number of rotatable bonds is 5. The van der Waals surface area contributed by atoms with Crippen molar-refractivity contribution in [1.29, 1.82) is 0 Å². The van der Waals surface area contributed by atoms with Crippen molar-refractivity contribution in [1.82, 2.24) is 9.80 Å². The van der Waals surface area contributed by atoms with E-state index in [0.717, 1.165) is 37.9 Å². The van der Waals surface area contributed by atoms with Crippen LogP contribution in [0.25, 0.3) is 0 Å². The lowest BCUT2D eigenvalue weighted by Gasteiger charge is -2.34. The number of hydrogen-bond donors (Lipinski definition) is 0. The molecule has 1 fully saturated rings.